The molecule has 0 fully saturated rings. The third-order valence-corrected chi connectivity index (χ3v) is 4.50. The zero-order valence-corrected chi connectivity index (χ0v) is 16.6. The second-order valence-corrected chi connectivity index (χ2v) is 6.50. The van der Waals surface area contributed by atoms with Crippen LogP contribution in [-0.2, 0) is 4.74 Å². The topological polar surface area (TPSA) is 106 Å². The van der Waals surface area contributed by atoms with Crippen LogP contribution in [0.25, 0.3) is 23.0 Å². The molecule has 1 heterocycles. The van der Waals surface area contributed by atoms with Crippen LogP contribution in [0, 0.1) is 21.4 Å². The van der Waals surface area contributed by atoms with Crippen molar-refractivity contribution in [2.75, 3.05) is 6.61 Å². The summed E-state index contributed by atoms with van der Waals surface area (Å²) < 4.78 is 10.8. The zero-order valence-electron chi connectivity index (χ0n) is 15.8. The molecule has 30 heavy (non-hydrogen) atoms. The Labute approximate surface area is 176 Å². The average molecular weight is 423 g/mol. The van der Waals surface area contributed by atoms with Gasteiger partial charge in [0.1, 0.15) is 11.5 Å². The Morgan fingerprint density at radius 1 is 1.23 bits per heavy atom. The Balaban J connectivity index is 1.90. The first-order chi connectivity index (χ1) is 14.4. The second-order valence-electron chi connectivity index (χ2n) is 6.09. The number of non-ortho nitro benzene ring substituents is 1. The van der Waals surface area contributed by atoms with Crippen molar-refractivity contribution < 1.29 is 18.9 Å². The van der Waals surface area contributed by atoms with Gasteiger partial charge in [0.2, 0.25) is 0 Å². The molecule has 0 aliphatic carbocycles. The highest BCUT2D eigenvalue weighted by Gasteiger charge is 2.15. The molecular weight excluding hydrogens is 408 g/mol. The molecule has 0 amide bonds. The summed E-state index contributed by atoms with van der Waals surface area (Å²) >= 11 is 6.09. The number of halogens is 1. The summed E-state index contributed by atoms with van der Waals surface area (Å²) in [5.41, 5.74) is 1.60. The summed E-state index contributed by atoms with van der Waals surface area (Å²) in [4.78, 5) is 22.3. The van der Waals surface area contributed by atoms with Crippen molar-refractivity contribution in [3.05, 3.63) is 86.6 Å². The van der Waals surface area contributed by atoms with Crippen molar-refractivity contribution in [3.8, 4) is 17.4 Å². The van der Waals surface area contributed by atoms with Crippen LogP contribution in [0.1, 0.15) is 28.6 Å². The third kappa shape index (κ3) is 4.57. The molecule has 3 rings (SSSR count). The summed E-state index contributed by atoms with van der Waals surface area (Å²) in [5.74, 6) is 0.359. The van der Waals surface area contributed by atoms with Gasteiger partial charge in [-0.1, -0.05) is 11.6 Å². The Hall–Kier alpha value is -3.89. The Bertz CT molecular complexity index is 1170. The summed E-state index contributed by atoms with van der Waals surface area (Å²) in [7, 11) is 0. The van der Waals surface area contributed by atoms with E-state index in [1.54, 1.807) is 37.3 Å². The van der Waals surface area contributed by atoms with E-state index in [0.717, 1.165) is 0 Å². The van der Waals surface area contributed by atoms with Crippen LogP contribution in [0.5, 0.6) is 0 Å². The predicted molar refractivity (Wildman–Crippen MR) is 112 cm³/mol. The van der Waals surface area contributed by atoms with Crippen molar-refractivity contribution in [1.29, 1.82) is 5.26 Å². The maximum absolute atomic E-state index is 12.0. The van der Waals surface area contributed by atoms with E-state index < -0.39 is 10.9 Å². The molecule has 0 saturated heterocycles. The maximum atomic E-state index is 12.0. The Kier molecular flexibility index (Phi) is 6.30. The predicted octanol–water partition coefficient (Wildman–Crippen LogP) is 5.75. The average Bonchev–Trinajstić information content (AvgIpc) is 3.21. The van der Waals surface area contributed by atoms with Gasteiger partial charge in [-0.05, 0) is 61.0 Å². The summed E-state index contributed by atoms with van der Waals surface area (Å²) in [5, 5.41) is 20.5. The number of benzene rings is 2. The molecule has 7 nitrogen and oxygen atoms in total. The lowest BCUT2D eigenvalue weighted by Gasteiger charge is -2.06. The normalized spacial score (nSPS) is 11.0. The van der Waals surface area contributed by atoms with Crippen LogP contribution in [0.3, 0.4) is 0 Å². The van der Waals surface area contributed by atoms with E-state index in [9.17, 15) is 20.2 Å². The summed E-state index contributed by atoms with van der Waals surface area (Å²) in [6, 6.07) is 16.0. The van der Waals surface area contributed by atoms with Crippen molar-refractivity contribution >= 4 is 34.9 Å². The third-order valence-electron chi connectivity index (χ3n) is 4.17. The van der Waals surface area contributed by atoms with Crippen LogP contribution < -0.4 is 0 Å². The van der Waals surface area contributed by atoms with Gasteiger partial charge >= 0.3 is 5.97 Å². The van der Waals surface area contributed by atoms with Crippen molar-refractivity contribution in [3.63, 3.8) is 0 Å². The molecule has 0 radical (unpaired) electrons. The molecule has 0 spiro atoms. The monoisotopic (exact) mass is 422 g/mol. The first-order valence-corrected chi connectivity index (χ1v) is 9.24. The highest BCUT2D eigenvalue weighted by Crippen LogP contribution is 2.29. The minimum atomic E-state index is -0.527. The number of ether oxygens (including phenoxy) is 1. The molecule has 1 aromatic heterocycles. The Morgan fingerprint density at radius 2 is 1.97 bits per heavy atom. The van der Waals surface area contributed by atoms with Gasteiger partial charge < -0.3 is 9.15 Å². The number of furan rings is 1. The second kappa shape index (κ2) is 9.07. The van der Waals surface area contributed by atoms with E-state index in [0.29, 0.717) is 22.6 Å². The molecule has 0 aliphatic heterocycles. The fourth-order valence-corrected chi connectivity index (χ4v) is 2.91. The van der Waals surface area contributed by atoms with E-state index in [1.165, 1.54) is 30.3 Å². The lowest BCUT2D eigenvalue weighted by Crippen LogP contribution is -2.05. The lowest BCUT2D eigenvalue weighted by atomic mass is 10.1. The van der Waals surface area contributed by atoms with Crippen molar-refractivity contribution in [2.45, 2.75) is 6.92 Å². The number of nitro benzene ring substituents is 1. The highest BCUT2D eigenvalue weighted by molar-refractivity contribution is 6.33. The number of rotatable bonds is 6. The van der Waals surface area contributed by atoms with Gasteiger partial charge in [0.05, 0.1) is 33.8 Å². The number of allylic oxidation sites excluding steroid dienone is 1. The van der Waals surface area contributed by atoms with E-state index in [-0.39, 0.29) is 28.5 Å². The minimum Gasteiger partial charge on any atom is -0.462 e. The van der Waals surface area contributed by atoms with Crippen molar-refractivity contribution in [2.24, 2.45) is 0 Å². The van der Waals surface area contributed by atoms with Crippen LogP contribution in [0.4, 0.5) is 5.69 Å². The number of hydrogen-bond acceptors (Lipinski definition) is 6. The maximum Gasteiger partial charge on any atom is 0.339 e. The summed E-state index contributed by atoms with van der Waals surface area (Å²) in [6.45, 7) is 1.94. The van der Waals surface area contributed by atoms with Crippen LogP contribution in [0.15, 0.2) is 59.0 Å². The van der Waals surface area contributed by atoms with Gasteiger partial charge in [-0.15, -0.1) is 0 Å². The van der Waals surface area contributed by atoms with E-state index >= 15 is 0 Å². The number of nitrogens with zero attached hydrogens (tertiary/aromatic N) is 2. The molecule has 0 unspecified atom stereocenters. The fraction of sp³-hybridized carbons (Fsp3) is 0.0909. The summed E-state index contributed by atoms with van der Waals surface area (Å²) in [6.07, 6.45) is 1.53. The van der Waals surface area contributed by atoms with Gasteiger partial charge in [0, 0.05) is 17.7 Å². The standard InChI is InChI=1S/C22H15ClN2O5/c1-2-29-22(26)19-12-15(5-9-20(19)23)21-10-8-18(30-21)11-16(13-24)14-3-6-17(7-4-14)25(27)28/h3-12H,2H2,1H3/b16-11-. The molecule has 0 bridgehead atoms. The first-order valence-electron chi connectivity index (χ1n) is 8.86. The highest BCUT2D eigenvalue weighted by atomic mass is 35.5. The lowest BCUT2D eigenvalue weighted by molar-refractivity contribution is -0.384. The van der Waals surface area contributed by atoms with E-state index in [1.807, 2.05) is 0 Å². The van der Waals surface area contributed by atoms with Gasteiger partial charge in [-0.3, -0.25) is 10.1 Å². The molecule has 0 aliphatic rings. The SMILES string of the molecule is CCOC(=O)c1cc(-c2ccc(/C=C(/C#N)c3ccc([N+](=O)[O-])cc3)o2)ccc1Cl. The largest absolute Gasteiger partial charge is 0.462 e. The number of esters is 1. The van der Waals surface area contributed by atoms with Gasteiger partial charge in [-0.2, -0.15) is 5.26 Å². The number of nitriles is 1. The molecule has 150 valence electrons. The Morgan fingerprint density at radius 3 is 2.60 bits per heavy atom. The van der Waals surface area contributed by atoms with E-state index in [4.69, 9.17) is 20.8 Å². The number of carbonyl (C=O) groups excluding carboxylic acids is 1. The molecule has 2 aromatic carbocycles. The van der Waals surface area contributed by atoms with Gasteiger partial charge in [0.15, 0.2) is 0 Å². The molecule has 0 N–H and O–H groups in total. The smallest absolute Gasteiger partial charge is 0.339 e. The molecule has 3 aromatic rings. The van der Waals surface area contributed by atoms with E-state index in [2.05, 4.69) is 6.07 Å². The van der Waals surface area contributed by atoms with Crippen LogP contribution in [-0.4, -0.2) is 17.5 Å². The minimum absolute atomic E-state index is 0.0588. The molecular formula is C22H15ClN2O5. The van der Waals surface area contributed by atoms with Gasteiger partial charge in [0.25, 0.3) is 5.69 Å². The number of hydrogen-bond donors (Lipinski definition) is 0. The first kappa shape index (κ1) is 20.8. The molecule has 8 heteroatoms. The van der Waals surface area contributed by atoms with Gasteiger partial charge in [-0.25, -0.2) is 4.79 Å². The number of nitro groups is 1. The molecule has 0 atom stereocenters. The van der Waals surface area contributed by atoms with Crippen LogP contribution in [0.2, 0.25) is 5.02 Å². The quantitative estimate of drug-likeness (QED) is 0.217. The number of carbonyl (C=O) groups is 1. The van der Waals surface area contributed by atoms with Crippen molar-refractivity contribution in [1.82, 2.24) is 0 Å². The fourth-order valence-electron chi connectivity index (χ4n) is 2.71. The zero-order chi connectivity index (χ0) is 21.7. The molecule has 0 saturated carbocycles. The van der Waals surface area contributed by atoms with Crippen LogP contribution >= 0.6 is 11.6 Å².